The second-order valence-electron chi connectivity index (χ2n) is 6.14. The van der Waals surface area contributed by atoms with Crippen LogP contribution in [0.4, 0.5) is 0 Å². The molecule has 0 aliphatic carbocycles. The molecular formula is C21H28NO+. The van der Waals surface area contributed by atoms with Crippen LogP contribution in [-0.4, -0.2) is 37.8 Å². The van der Waals surface area contributed by atoms with Crippen molar-refractivity contribution in [1.29, 1.82) is 0 Å². The van der Waals surface area contributed by atoms with Gasteiger partial charge in [0.25, 0.3) is 0 Å². The largest absolute Gasteiger partial charge is 0.488 e. The lowest BCUT2D eigenvalue weighted by Crippen LogP contribution is -2.46. The molecule has 0 bridgehead atoms. The first-order valence-corrected chi connectivity index (χ1v) is 8.45. The zero-order valence-corrected chi connectivity index (χ0v) is 14.5. The molecule has 0 radical (unpaired) electrons. The Labute approximate surface area is 140 Å². The van der Waals surface area contributed by atoms with E-state index in [1.54, 1.807) is 0 Å². The topological polar surface area (TPSA) is 9.23 Å². The average Bonchev–Trinajstić information content (AvgIpc) is 2.62. The number of likely N-dealkylation sites (N-methyl/N-ethyl adjacent to an activating group) is 1. The second kappa shape index (κ2) is 8.54. The number of nitrogens with zero attached hydrogens (tertiary/aromatic N) is 1. The fourth-order valence-electron chi connectivity index (χ4n) is 2.36. The first-order valence-electron chi connectivity index (χ1n) is 8.45. The molecule has 0 unspecified atom stereocenters. The summed E-state index contributed by atoms with van der Waals surface area (Å²) in [5.41, 5.74) is 2.40. The molecule has 0 saturated carbocycles. The Hall–Kier alpha value is -2.06. The number of hydrogen-bond acceptors (Lipinski definition) is 1. The molecule has 0 saturated heterocycles. The zero-order valence-electron chi connectivity index (χ0n) is 14.5. The summed E-state index contributed by atoms with van der Waals surface area (Å²) < 4.78 is 6.94. The van der Waals surface area contributed by atoms with Crippen LogP contribution in [0, 0.1) is 0 Å². The second-order valence-corrected chi connectivity index (χ2v) is 6.14. The monoisotopic (exact) mass is 310 g/mol. The summed E-state index contributed by atoms with van der Waals surface area (Å²) in [5.74, 6) is 0.945. The van der Waals surface area contributed by atoms with Crippen LogP contribution in [0.15, 0.2) is 54.6 Å². The molecule has 23 heavy (non-hydrogen) atoms. The van der Waals surface area contributed by atoms with E-state index in [9.17, 15) is 0 Å². The van der Waals surface area contributed by atoms with Crippen LogP contribution < -0.4 is 4.74 Å². The van der Waals surface area contributed by atoms with Crippen molar-refractivity contribution in [3.05, 3.63) is 65.7 Å². The Morgan fingerprint density at radius 3 is 1.96 bits per heavy atom. The minimum absolute atomic E-state index is 0.761. The molecule has 2 heteroatoms. The van der Waals surface area contributed by atoms with Crippen molar-refractivity contribution in [2.45, 2.75) is 13.8 Å². The average molecular weight is 310 g/mol. The van der Waals surface area contributed by atoms with Gasteiger partial charge in [0.15, 0.2) is 0 Å². The van der Waals surface area contributed by atoms with E-state index in [0.717, 1.165) is 36.5 Å². The molecule has 0 amide bonds. The van der Waals surface area contributed by atoms with Crippen molar-refractivity contribution in [1.82, 2.24) is 0 Å². The van der Waals surface area contributed by atoms with Gasteiger partial charge in [0.05, 0.1) is 20.1 Å². The zero-order chi connectivity index (χ0) is 16.5. The lowest BCUT2D eigenvalue weighted by atomic mass is 10.1. The van der Waals surface area contributed by atoms with E-state index in [4.69, 9.17) is 4.74 Å². The van der Waals surface area contributed by atoms with Gasteiger partial charge in [0.2, 0.25) is 0 Å². The van der Waals surface area contributed by atoms with Crippen LogP contribution >= 0.6 is 0 Å². The van der Waals surface area contributed by atoms with Crippen molar-refractivity contribution in [2.75, 3.05) is 33.3 Å². The van der Waals surface area contributed by atoms with Gasteiger partial charge in [-0.05, 0) is 37.1 Å². The van der Waals surface area contributed by atoms with Crippen LogP contribution in [0.2, 0.25) is 0 Å². The minimum Gasteiger partial charge on any atom is -0.488 e. The molecule has 0 atom stereocenters. The quantitative estimate of drug-likeness (QED) is 0.506. The molecule has 2 rings (SSSR count). The third-order valence-electron chi connectivity index (χ3n) is 4.57. The Morgan fingerprint density at radius 2 is 1.39 bits per heavy atom. The van der Waals surface area contributed by atoms with Gasteiger partial charge in [-0.2, -0.15) is 0 Å². The fourth-order valence-corrected chi connectivity index (χ4v) is 2.36. The molecular weight excluding hydrogens is 282 g/mol. The highest BCUT2D eigenvalue weighted by Crippen LogP contribution is 2.15. The van der Waals surface area contributed by atoms with Gasteiger partial charge >= 0.3 is 0 Å². The molecule has 0 fully saturated rings. The SMILES string of the molecule is CC[N+](C)(CC)CCOc1ccc(C=Cc2ccccc2)cc1. The summed E-state index contributed by atoms with van der Waals surface area (Å²) in [4.78, 5) is 0. The summed E-state index contributed by atoms with van der Waals surface area (Å²) in [7, 11) is 2.28. The highest BCUT2D eigenvalue weighted by Gasteiger charge is 2.15. The molecule has 2 aromatic carbocycles. The minimum atomic E-state index is 0.761. The highest BCUT2D eigenvalue weighted by molar-refractivity contribution is 5.69. The van der Waals surface area contributed by atoms with Crippen LogP contribution in [0.1, 0.15) is 25.0 Å². The number of benzene rings is 2. The van der Waals surface area contributed by atoms with Crippen molar-refractivity contribution in [3.8, 4) is 5.75 Å². The van der Waals surface area contributed by atoms with Gasteiger partial charge < -0.3 is 9.22 Å². The molecule has 0 heterocycles. The Kier molecular flexibility index (Phi) is 6.42. The third kappa shape index (κ3) is 5.57. The summed E-state index contributed by atoms with van der Waals surface area (Å²) >= 11 is 0. The van der Waals surface area contributed by atoms with E-state index in [1.165, 1.54) is 11.1 Å². The van der Waals surface area contributed by atoms with Gasteiger partial charge in [-0.3, -0.25) is 0 Å². The normalized spacial score (nSPS) is 11.8. The van der Waals surface area contributed by atoms with Gasteiger partial charge in [0, 0.05) is 0 Å². The highest BCUT2D eigenvalue weighted by atomic mass is 16.5. The van der Waals surface area contributed by atoms with E-state index in [2.05, 4.69) is 69.4 Å². The molecule has 0 spiro atoms. The van der Waals surface area contributed by atoms with E-state index in [-0.39, 0.29) is 0 Å². The number of hydrogen-bond donors (Lipinski definition) is 0. The number of rotatable bonds is 8. The van der Waals surface area contributed by atoms with Gasteiger partial charge in [-0.25, -0.2) is 0 Å². The molecule has 0 N–H and O–H groups in total. The van der Waals surface area contributed by atoms with Gasteiger partial charge in [0.1, 0.15) is 18.9 Å². The molecule has 2 aromatic rings. The first kappa shape index (κ1) is 17.3. The number of quaternary nitrogens is 1. The Balaban J connectivity index is 1.86. The number of ether oxygens (including phenoxy) is 1. The van der Waals surface area contributed by atoms with Crippen molar-refractivity contribution in [2.24, 2.45) is 0 Å². The van der Waals surface area contributed by atoms with Crippen molar-refractivity contribution < 1.29 is 9.22 Å². The maximum Gasteiger partial charge on any atom is 0.137 e. The van der Waals surface area contributed by atoms with Crippen LogP contribution in [-0.2, 0) is 0 Å². The predicted octanol–water partition coefficient (Wildman–Crippen LogP) is 4.72. The molecule has 0 aliphatic heterocycles. The van der Waals surface area contributed by atoms with E-state index in [0.29, 0.717) is 0 Å². The Morgan fingerprint density at radius 1 is 0.826 bits per heavy atom. The molecule has 2 nitrogen and oxygen atoms in total. The van der Waals surface area contributed by atoms with Gasteiger partial charge in [-0.15, -0.1) is 0 Å². The summed E-state index contributed by atoms with van der Waals surface area (Å²) in [6.45, 7) is 8.56. The Bertz CT molecular complexity index is 597. The van der Waals surface area contributed by atoms with Crippen LogP contribution in [0.25, 0.3) is 12.2 Å². The van der Waals surface area contributed by atoms with E-state index in [1.807, 2.05) is 18.2 Å². The van der Waals surface area contributed by atoms with Crippen molar-refractivity contribution in [3.63, 3.8) is 0 Å². The smallest absolute Gasteiger partial charge is 0.137 e. The van der Waals surface area contributed by atoms with Gasteiger partial charge in [-0.1, -0.05) is 54.6 Å². The summed E-state index contributed by atoms with van der Waals surface area (Å²) in [6, 6.07) is 18.6. The lowest BCUT2D eigenvalue weighted by Gasteiger charge is -2.31. The molecule has 122 valence electrons. The molecule has 0 aliphatic rings. The third-order valence-corrected chi connectivity index (χ3v) is 4.57. The summed E-state index contributed by atoms with van der Waals surface area (Å²) in [6.07, 6.45) is 4.25. The van der Waals surface area contributed by atoms with E-state index >= 15 is 0 Å². The standard InChI is InChI=1S/C21H28NO/c1-4-22(3,5-2)17-18-23-21-15-13-20(14-16-21)12-11-19-9-7-6-8-10-19/h6-16H,4-5,17-18H2,1-3H3/q+1. The van der Waals surface area contributed by atoms with E-state index < -0.39 is 0 Å². The summed E-state index contributed by atoms with van der Waals surface area (Å²) in [5, 5.41) is 0. The van der Waals surface area contributed by atoms with Crippen LogP contribution in [0.3, 0.4) is 0 Å². The lowest BCUT2D eigenvalue weighted by molar-refractivity contribution is -0.906. The van der Waals surface area contributed by atoms with Crippen LogP contribution in [0.5, 0.6) is 5.75 Å². The maximum absolute atomic E-state index is 5.88. The predicted molar refractivity (Wildman–Crippen MR) is 99.4 cm³/mol. The maximum atomic E-state index is 5.88. The fraction of sp³-hybridized carbons (Fsp3) is 0.333. The molecule has 0 aromatic heterocycles. The van der Waals surface area contributed by atoms with Crippen molar-refractivity contribution >= 4 is 12.2 Å². The first-order chi connectivity index (χ1) is 11.1.